The Morgan fingerprint density at radius 1 is 0.636 bits per heavy atom. The number of hydrogen-bond acceptors (Lipinski definition) is 3. The summed E-state index contributed by atoms with van der Waals surface area (Å²) in [6.07, 6.45) is 0. The van der Waals surface area contributed by atoms with Crippen LogP contribution in [0.4, 0.5) is 0 Å². The molecule has 8 nitrogen and oxygen atoms in total. The Bertz CT molecular complexity index is 279. The fourth-order valence-corrected chi connectivity index (χ4v) is 0.403. The third kappa shape index (κ3) is 3.13. The van der Waals surface area contributed by atoms with Crippen LogP contribution in [0.25, 0.3) is 0 Å². The van der Waals surface area contributed by atoms with Gasteiger partial charge in [-0.25, -0.2) is 14.4 Å². The molecule has 1 rings (SSSR count). The van der Waals surface area contributed by atoms with E-state index in [0.717, 1.165) is 0 Å². The summed E-state index contributed by atoms with van der Waals surface area (Å²) in [6, 6.07) is 0. The monoisotopic (exact) mass is 165 g/mol. The molecule has 0 amide bonds. The SMILES string of the molecule is O.O.O=c1[nH]c(=O)[nH]c(=O)[nH]1. The second kappa shape index (κ2) is 4.19. The van der Waals surface area contributed by atoms with Crippen LogP contribution in [0.2, 0.25) is 0 Å². The lowest BCUT2D eigenvalue weighted by atomic mass is 11.0. The standard InChI is InChI=1S/C3H3N3O3.2H2O/c7-1-4-2(8)6-3(9)5-1;;/h(H3,4,5,6,7,8,9);2*1H2. The molecule has 7 N–H and O–H groups in total. The summed E-state index contributed by atoms with van der Waals surface area (Å²) in [5.41, 5.74) is -2.41. The molecule has 11 heavy (non-hydrogen) atoms. The van der Waals surface area contributed by atoms with E-state index in [1.807, 2.05) is 0 Å². The number of hydrogen-bond donors (Lipinski definition) is 3. The van der Waals surface area contributed by atoms with E-state index in [9.17, 15) is 14.4 Å². The topological polar surface area (TPSA) is 162 Å². The smallest absolute Gasteiger partial charge is 0.330 e. The second-order valence-corrected chi connectivity index (χ2v) is 1.36. The molecule has 0 bridgehead atoms. The van der Waals surface area contributed by atoms with Gasteiger partial charge in [0.25, 0.3) is 0 Å². The fraction of sp³-hybridized carbons (Fsp3) is 0. The molecular weight excluding hydrogens is 158 g/mol. The highest BCUT2D eigenvalue weighted by Gasteiger charge is 1.84. The molecule has 0 aliphatic heterocycles. The molecule has 0 aliphatic carbocycles. The highest BCUT2D eigenvalue weighted by Crippen LogP contribution is 1.29. The van der Waals surface area contributed by atoms with Gasteiger partial charge >= 0.3 is 17.1 Å². The first-order valence-electron chi connectivity index (χ1n) is 2.11. The van der Waals surface area contributed by atoms with Crippen LogP contribution in [0.5, 0.6) is 0 Å². The predicted octanol–water partition coefficient (Wildman–Crippen LogP) is -3.90. The molecule has 0 saturated carbocycles. The Balaban J connectivity index is 0. The van der Waals surface area contributed by atoms with Crippen molar-refractivity contribution in [1.82, 2.24) is 15.0 Å². The van der Waals surface area contributed by atoms with Crippen molar-refractivity contribution >= 4 is 0 Å². The number of rotatable bonds is 0. The first kappa shape index (κ1) is 12.0. The zero-order chi connectivity index (χ0) is 6.85. The van der Waals surface area contributed by atoms with Crippen LogP contribution in [0, 0.1) is 0 Å². The number of aromatic amines is 3. The van der Waals surface area contributed by atoms with Crippen LogP contribution in [0.1, 0.15) is 0 Å². The van der Waals surface area contributed by atoms with Gasteiger partial charge in [0.15, 0.2) is 0 Å². The minimum Gasteiger partial charge on any atom is -0.412 e. The maximum atomic E-state index is 10.2. The van der Waals surface area contributed by atoms with Crippen LogP contribution in [-0.4, -0.2) is 25.9 Å². The first-order valence-corrected chi connectivity index (χ1v) is 2.11. The van der Waals surface area contributed by atoms with Gasteiger partial charge in [-0.1, -0.05) is 0 Å². The van der Waals surface area contributed by atoms with Crippen molar-refractivity contribution in [2.24, 2.45) is 0 Å². The van der Waals surface area contributed by atoms with E-state index >= 15 is 0 Å². The summed E-state index contributed by atoms with van der Waals surface area (Å²) in [4.78, 5) is 35.9. The minimum absolute atomic E-state index is 0. The maximum absolute atomic E-state index is 10.2. The Morgan fingerprint density at radius 3 is 1.00 bits per heavy atom. The van der Waals surface area contributed by atoms with Crippen LogP contribution < -0.4 is 17.1 Å². The molecule has 64 valence electrons. The van der Waals surface area contributed by atoms with Crippen LogP contribution >= 0.6 is 0 Å². The summed E-state index contributed by atoms with van der Waals surface area (Å²) < 4.78 is 0. The van der Waals surface area contributed by atoms with Crippen molar-refractivity contribution in [3.63, 3.8) is 0 Å². The number of aromatic nitrogens is 3. The molecule has 0 saturated heterocycles. The van der Waals surface area contributed by atoms with E-state index in [0.29, 0.717) is 0 Å². The molecular formula is C3H7N3O5. The van der Waals surface area contributed by atoms with Gasteiger partial charge < -0.3 is 11.0 Å². The first-order chi connectivity index (χ1) is 4.18. The highest BCUT2D eigenvalue weighted by atomic mass is 16.2. The van der Waals surface area contributed by atoms with Gasteiger partial charge in [-0.3, -0.25) is 15.0 Å². The largest absolute Gasteiger partial charge is 0.412 e. The molecule has 1 aromatic heterocycles. The lowest BCUT2D eigenvalue weighted by molar-refractivity contribution is 0.823. The average molecular weight is 165 g/mol. The van der Waals surface area contributed by atoms with Gasteiger partial charge in [-0.2, -0.15) is 0 Å². The molecule has 1 aromatic rings. The lowest BCUT2D eigenvalue weighted by Gasteiger charge is -1.77. The molecule has 0 atom stereocenters. The normalized spacial score (nSPS) is 7.64. The second-order valence-electron chi connectivity index (χ2n) is 1.36. The van der Waals surface area contributed by atoms with E-state index in [1.165, 1.54) is 0 Å². The van der Waals surface area contributed by atoms with Crippen molar-refractivity contribution in [3.8, 4) is 0 Å². The molecule has 0 aromatic carbocycles. The van der Waals surface area contributed by atoms with Gasteiger partial charge in [0, 0.05) is 0 Å². The van der Waals surface area contributed by atoms with Crippen molar-refractivity contribution < 1.29 is 11.0 Å². The Kier molecular flexibility index (Phi) is 4.59. The summed E-state index contributed by atoms with van der Waals surface area (Å²) in [6.45, 7) is 0. The van der Waals surface area contributed by atoms with Gasteiger partial charge in [0.1, 0.15) is 0 Å². The molecule has 0 unspecified atom stereocenters. The molecule has 0 fully saturated rings. The molecule has 0 radical (unpaired) electrons. The van der Waals surface area contributed by atoms with Crippen molar-refractivity contribution in [3.05, 3.63) is 31.5 Å². The zero-order valence-corrected chi connectivity index (χ0v) is 5.22. The van der Waals surface area contributed by atoms with Gasteiger partial charge in [-0.05, 0) is 0 Å². The van der Waals surface area contributed by atoms with Crippen molar-refractivity contribution in [1.29, 1.82) is 0 Å². The van der Waals surface area contributed by atoms with E-state index in [-0.39, 0.29) is 11.0 Å². The molecule has 8 heteroatoms. The molecule has 1 heterocycles. The Labute approximate surface area is 58.5 Å². The van der Waals surface area contributed by atoms with E-state index in [1.54, 1.807) is 15.0 Å². The van der Waals surface area contributed by atoms with E-state index in [2.05, 4.69) is 0 Å². The lowest BCUT2D eigenvalue weighted by Crippen LogP contribution is -2.34. The third-order valence-electron chi connectivity index (χ3n) is 0.681. The third-order valence-corrected chi connectivity index (χ3v) is 0.681. The Morgan fingerprint density at radius 2 is 0.818 bits per heavy atom. The summed E-state index contributed by atoms with van der Waals surface area (Å²) in [5.74, 6) is 0. The number of H-pyrrole nitrogens is 3. The molecule has 0 spiro atoms. The number of nitrogens with one attached hydrogen (secondary N) is 3. The van der Waals surface area contributed by atoms with Crippen LogP contribution in [-0.2, 0) is 0 Å². The minimum atomic E-state index is -0.802. The van der Waals surface area contributed by atoms with Crippen molar-refractivity contribution in [2.75, 3.05) is 0 Å². The zero-order valence-electron chi connectivity index (χ0n) is 5.22. The van der Waals surface area contributed by atoms with Crippen molar-refractivity contribution in [2.45, 2.75) is 0 Å². The van der Waals surface area contributed by atoms with Gasteiger partial charge in [0.05, 0.1) is 0 Å². The Hall–Kier alpha value is -1.67. The van der Waals surface area contributed by atoms with E-state index < -0.39 is 17.1 Å². The average Bonchev–Trinajstić information content (AvgIpc) is 1.59. The molecule has 0 aliphatic rings. The summed E-state index contributed by atoms with van der Waals surface area (Å²) >= 11 is 0. The predicted molar refractivity (Wildman–Crippen MR) is 35.5 cm³/mol. The summed E-state index contributed by atoms with van der Waals surface area (Å²) in [7, 11) is 0. The van der Waals surface area contributed by atoms with E-state index in [4.69, 9.17) is 0 Å². The fourth-order valence-electron chi connectivity index (χ4n) is 0.403. The van der Waals surface area contributed by atoms with Gasteiger partial charge in [-0.15, -0.1) is 0 Å². The van der Waals surface area contributed by atoms with Crippen LogP contribution in [0.15, 0.2) is 14.4 Å². The maximum Gasteiger partial charge on any atom is 0.330 e. The highest BCUT2D eigenvalue weighted by molar-refractivity contribution is 4.60. The van der Waals surface area contributed by atoms with Gasteiger partial charge in [0.2, 0.25) is 0 Å². The van der Waals surface area contributed by atoms with Crippen LogP contribution in [0.3, 0.4) is 0 Å². The summed E-state index contributed by atoms with van der Waals surface area (Å²) in [5, 5.41) is 0. The quantitative estimate of drug-likeness (QED) is 0.358.